The number of thiazole rings is 2. The molecule has 2 amide bonds. The first-order chi connectivity index (χ1) is 19.5. The molecule has 0 aliphatic carbocycles. The summed E-state index contributed by atoms with van der Waals surface area (Å²) in [5.41, 5.74) is 6.43. The molecule has 3 aromatic heterocycles. The second-order valence-electron chi connectivity index (χ2n) is 8.83. The Kier molecular flexibility index (Phi) is 8.16. The molecule has 5 heterocycles. The van der Waals surface area contributed by atoms with Gasteiger partial charge in [-0.1, -0.05) is 16.9 Å². The number of β-lactam (4-membered cyclic amide) rings is 1. The third kappa shape index (κ3) is 5.85. The normalized spacial score (nSPS) is 19.5. The Labute approximate surface area is 248 Å². The number of pyridine rings is 1. The summed E-state index contributed by atoms with van der Waals surface area (Å²) in [7, 11) is 1.90. The molecule has 18 heteroatoms. The first-order valence-electron chi connectivity index (χ1n) is 11.8. The summed E-state index contributed by atoms with van der Waals surface area (Å²) in [4.78, 5) is 64.1. The molecular weight excluding hydrogens is 615 g/mol. The molecule has 214 valence electrons. The lowest BCUT2D eigenvalue weighted by molar-refractivity contribution is -0.670. The van der Waals surface area contributed by atoms with E-state index in [9.17, 15) is 24.3 Å². The number of carbonyl (C=O) groups excluding carboxylic acids is 3. The minimum atomic E-state index is -1.49. The van der Waals surface area contributed by atoms with Crippen molar-refractivity contribution in [1.82, 2.24) is 20.2 Å². The summed E-state index contributed by atoms with van der Waals surface area (Å²) in [6.07, 6.45) is 2.45. The van der Waals surface area contributed by atoms with Gasteiger partial charge in [0.2, 0.25) is 6.10 Å². The standard InChI is InChI=1S/C23H21N7O7S4/c1-9(20(33)34)37-28-14(12-8-39-22(24)25-12)17(31)27-15-18(32)30-16(21(35)36)10(6-38-19(15)30)7-40-23-26-11-5-29(2)4-3-13(11)41-23/h3-5,8-9,15,19H,6-7H2,1-2H3,(H4-,24,25,27,31,33,34,35,36)/b28-14-/t9-,15?,19-/m0/s1. The van der Waals surface area contributed by atoms with Crippen LogP contribution < -0.4 is 20.7 Å². The van der Waals surface area contributed by atoms with E-state index in [1.165, 1.54) is 47.2 Å². The number of aromatic nitrogens is 3. The average molecular weight is 636 g/mol. The van der Waals surface area contributed by atoms with Gasteiger partial charge in [-0.25, -0.2) is 19.3 Å². The zero-order chi connectivity index (χ0) is 29.4. The monoisotopic (exact) mass is 635 g/mol. The SMILES string of the molecule is C[C@H](O/N=C(\C(=O)NC1C(=O)N2C(C(=O)[O-])=C(CSc3nc4c[n+](C)ccc4s3)CS[C@@H]12)c1csc(N)n1)C(=O)O. The number of hydrogen-bond donors (Lipinski definition) is 3. The van der Waals surface area contributed by atoms with Gasteiger partial charge in [0.25, 0.3) is 11.8 Å². The third-order valence-corrected chi connectivity index (χ3v) is 10.3. The topological polar surface area (TPSA) is 204 Å². The molecule has 2 aliphatic rings. The lowest BCUT2D eigenvalue weighted by atomic mass is 10.0. The number of hydrogen-bond acceptors (Lipinski definition) is 14. The minimum Gasteiger partial charge on any atom is -0.543 e. The van der Waals surface area contributed by atoms with E-state index in [2.05, 4.69) is 20.4 Å². The quantitative estimate of drug-likeness (QED) is 0.0852. The van der Waals surface area contributed by atoms with E-state index in [1.54, 1.807) is 0 Å². The fraction of sp³-hybridized carbons (Fsp3) is 0.304. The van der Waals surface area contributed by atoms with E-state index in [1.807, 2.05) is 30.1 Å². The summed E-state index contributed by atoms with van der Waals surface area (Å²) in [6, 6.07) is 0.884. The minimum absolute atomic E-state index is 0.0285. The van der Waals surface area contributed by atoms with Crippen molar-refractivity contribution in [3.63, 3.8) is 0 Å². The summed E-state index contributed by atoms with van der Waals surface area (Å²) >= 11 is 5.19. The van der Waals surface area contributed by atoms with E-state index in [4.69, 9.17) is 15.7 Å². The maximum absolute atomic E-state index is 13.1. The number of carbonyl (C=O) groups is 4. The van der Waals surface area contributed by atoms with Gasteiger partial charge in [-0.3, -0.25) is 14.5 Å². The molecule has 2 aliphatic heterocycles. The van der Waals surface area contributed by atoms with Crippen LogP contribution in [-0.2, 0) is 31.1 Å². The molecule has 1 fully saturated rings. The summed E-state index contributed by atoms with van der Waals surface area (Å²) in [6.45, 7) is 1.23. The van der Waals surface area contributed by atoms with Gasteiger partial charge in [-0.2, -0.15) is 0 Å². The van der Waals surface area contributed by atoms with E-state index in [0.29, 0.717) is 11.3 Å². The number of carboxylic acids is 2. The van der Waals surface area contributed by atoms with Crippen LogP contribution in [0.25, 0.3) is 10.2 Å². The van der Waals surface area contributed by atoms with Crippen LogP contribution in [0.4, 0.5) is 5.13 Å². The Balaban J connectivity index is 1.31. The number of oxime groups is 1. The molecule has 1 unspecified atom stereocenters. The summed E-state index contributed by atoms with van der Waals surface area (Å²) < 4.78 is 3.65. The number of anilines is 1. The van der Waals surface area contributed by atoms with E-state index >= 15 is 0 Å². The summed E-state index contributed by atoms with van der Waals surface area (Å²) in [5, 5.41) is 28.3. The van der Waals surface area contributed by atoms with Gasteiger partial charge in [0, 0.05) is 23.0 Å². The molecule has 14 nitrogen and oxygen atoms in total. The number of aryl methyl sites for hydroxylation is 1. The van der Waals surface area contributed by atoms with Crippen molar-refractivity contribution in [3.05, 3.63) is 40.8 Å². The highest BCUT2D eigenvalue weighted by molar-refractivity contribution is 8.02. The Morgan fingerprint density at radius 2 is 2.20 bits per heavy atom. The molecule has 0 spiro atoms. The molecule has 0 radical (unpaired) electrons. The molecule has 3 atom stereocenters. The highest BCUT2D eigenvalue weighted by Crippen LogP contribution is 2.42. The van der Waals surface area contributed by atoms with Crippen LogP contribution in [0.5, 0.6) is 0 Å². The first kappa shape index (κ1) is 28.8. The molecule has 0 aromatic carbocycles. The number of aliphatic carboxylic acids is 2. The number of carboxylic acid groups (broad SMARTS) is 2. The first-order valence-corrected chi connectivity index (χ1v) is 15.5. The van der Waals surface area contributed by atoms with E-state index in [-0.39, 0.29) is 28.0 Å². The Morgan fingerprint density at radius 1 is 1.41 bits per heavy atom. The lowest BCUT2D eigenvalue weighted by Crippen LogP contribution is -2.71. The predicted molar refractivity (Wildman–Crippen MR) is 150 cm³/mol. The van der Waals surface area contributed by atoms with Crippen LogP contribution in [0.1, 0.15) is 12.6 Å². The number of thioether (sulfide) groups is 2. The van der Waals surface area contributed by atoms with Crippen molar-refractivity contribution >= 4 is 91.0 Å². The zero-order valence-electron chi connectivity index (χ0n) is 21.3. The van der Waals surface area contributed by atoms with E-state index < -0.39 is 41.3 Å². The second-order valence-corrected chi connectivity index (χ2v) is 13.1. The zero-order valence-corrected chi connectivity index (χ0v) is 24.6. The number of nitrogens with zero attached hydrogens (tertiary/aromatic N) is 5. The maximum Gasteiger partial charge on any atom is 0.347 e. The van der Waals surface area contributed by atoms with Gasteiger partial charge in [0.05, 0.1) is 16.4 Å². The largest absolute Gasteiger partial charge is 0.543 e. The van der Waals surface area contributed by atoms with Crippen LogP contribution in [-0.4, -0.2) is 78.5 Å². The van der Waals surface area contributed by atoms with Gasteiger partial charge < -0.3 is 30.9 Å². The predicted octanol–water partition coefficient (Wildman–Crippen LogP) is -0.450. The van der Waals surface area contributed by atoms with Gasteiger partial charge in [0.15, 0.2) is 27.6 Å². The number of fused-ring (bicyclic) bond motifs is 2. The fourth-order valence-corrected chi connectivity index (χ4v) is 8.00. The molecule has 3 aromatic rings. The number of amides is 2. The maximum atomic E-state index is 13.1. The van der Waals surface area contributed by atoms with Crippen molar-refractivity contribution in [2.45, 2.75) is 28.8 Å². The molecule has 41 heavy (non-hydrogen) atoms. The van der Waals surface area contributed by atoms with Crippen LogP contribution in [0.2, 0.25) is 0 Å². The van der Waals surface area contributed by atoms with Crippen molar-refractivity contribution in [1.29, 1.82) is 0 Å². The molecule has 1 saturated heterocycles. The number of nitrogens with one attached hydrogen (secondary N) is 1. The summed E-state index contributed by atoms with van der Waals surface area (Å²) in [5.74, 6) is -3.71. The molecular formula is C23H21N7O7S4. The van der Waals surface area contributed by atoms with Gasteiger partial charge in [0.1, 0.15) is 29.7 Å². The Bertz CT molecular complexity index is 1630. The van der Waals surface area contributed by atoms with Crippen molar-refractivity contribution in [2.75, 3.05) is 17.2 Å². The van der Waals surface area contributed by atoms with Crippen molar-refractivity contribution < 1.29 is 38.8 Å². The van der Waals surface area contributed by atoms with E-state index in [0.717, 1.165) is 30.8 Å². The lowest BCUT2D eigenvalue weighted by Gasteiger charge is -2.50. The number of nitrogen functional groups attached to an aromatic ring is 1. The second kappa shape index (κ2) is 11.6. The smallest absolute Gasteiger partial charge is 0.347 e. The molecule has 0 saturated carbocycles. The Morgan fingerprint density at radius 3 is 2.88 bits per heavy atom. The Hall–Kier alpha value is -3.74. The molecule has 5 rings (SSSR count). The van der Waals surface area contributed by atoms with Gasteiger partial charge >= 0.3 is 5.97 Å². The highest BCUT2D eigenvalue weighted by Gasteiger charge is 2.53. The van der Waals surface area contributed by atoms with Gasteiger partial charge in [-0.05, 0) is 12.5 Å². The highest BCUT2D eigenvalue weighted by atomic mass is 32.2. The van der Waals surface area contributed by atoms with Crippen LogP contribution >= 0.6 is 46.2 Å². The van der Waals surface area contributed by atoms with Crippen LogP contribution in [0, 0.1) is 0 Å². The number of rotatable bonds is 10. The van der Waals surface area contributed by atoms with Gasteiger partial charge in [-0.15, -0.1) is 34.4 Å². The average Bonchev–Trinajstić information content (AvgIpc) is 3.54. The number of nitrogens with two attached hydrogens (primary N) is 1. The fourth-order valence-electron chi connectivity index (χ4n) is 3.94. The van der Waals surface area contributed by atoms with Crippen LogP contribution in [0.15, 0.2) is 44.6 Å². The van der Waals surface area contributed by atoms with Crippen molar-refractivity contribution in [3.8, 4) is 0 Å². The van der Waals surface area contributed by atoms with Crippen molar-refractivity contribution in [2.24, 2.45) is 12.2 Å². The third-order valence-electron chi connectivity index (χ3n) is 5.98. The molecule has 4 N–H and O–H groups in total. The molecule has 0 bridgehead atoms. The van der Waals surface area contributed by atoms with Crippen LogP contribution in [0.3, 0.4) is 0 Å².